The lowest BCUT2D eigenvalue weighted by Gasteiger charge is -2.17. The van der Waals surface area contributed by atoms with Crippen molar-refractivity contribution >= 4 is 21.1 Å². The molecule has 0 aliphatic heterocycles. The Morgan fingerprint density at radius 2 is 1.85 bits per heavy atom. The highest BCUT2D eigenvalue weighted by atomic mass is 35.5. The molecule has 1 unspecified atom stereocenters. The van der Waals surface area contributed by atoms with Crippen molar-refractivity contribution in [1.29, 1.82) is 0 Å². The van der Waals surface area contributed by atoms with Gasteiger partial charge in [0.15, 0.2) is 0 Å². The van der Waals surface area contributed by atoms with Crippen LogP contribution in [0, 0.1) is 0 Å². The Balaban J connectivity index is 3.85. The van der Waals surface area contributed by atoms with E-state index >= 15 is 0 Å². The van der Waals surface area contributed by atoms with E-state index in [4.69, 9.17) is 24.9 Å². The normalized spacial score (nSPS) is 13.3. The van der Waals surface area contributed by atoms with Crippen molar-refractivity contribution in [2.24, 2.45) is 0 Å². The molecular weight excluding hydrogens is 208 g/mol. The molecule has 0 fully saturated rings. The molecule has 0 aromatic rings. The van der Waals surface area contributed by atoms with Crippen molar-refractivity contribution in [1.82, 2.24) is 0 Å². The molecule has 13 heavy (non-hydrogen) atoms. The summed E-state index contributed by atoms with van der Waals surface area (Å²) in [5.74, 6) is 0. The van der Waals surface area contributed by atoms with E-state index in [9.17, 15) is 0 Å². The first kappa shape index (κ1) is 13.1. The predicted octanol–water partition coefficient (Wildman–Crippen LogP) is 2.20. The molecule has 1 radical (unpaired) electrons. The minimum Gasteiger partial charge on any atom is -0.371 e. The van der Waals surface area contributed by atoms with Crippen LogP contribution in [0.3, 0.4) is 0 Å². The number of halogens is 1. The lowest BCUT2D eigenvalue weighted by molar-refractivity contribution is 0.0848. The molecule has 0 amide bonds. The van der Waals surface area contributed by atoms with Gasteiger partial charge in [0.1, 0.15) is 0 Å². The molecule has 0 aliphatic carbocycles. The van der Waals surface area contributed by atoms with Gasteiger partial charge in [0, 0.05) is 18.2 Å². The van der Waals surface area contributed by atoms with Gasteiger partial charge in [-0.3, -0.25) is 0 Å². The molecule has 0 spiro atoms. The van der Waals surface area contributed by atoms with Gasteiger partial charge < -0.3 is 13.3 Å². The average molecular weight is 224 g/mol. The van der Waals surface area contributed by atoms with Gasteiger partial charge in [-0.15, -0.1) is 0 Å². The highest BCUT2D eigenvalue weighted by Gasteiger charge is 2.21. The third kappa shape index (κ3) is 6.23. The van der Waals surface area contributed by atoms with E-state index in [0.717, 1.165) is 0 Å². The van der Waals surface area contributed by atoms with Gasteiger partial charge in [-0.25, -0.2) is 0 Å². The zero-order valence-corrected chi connectivity index (χ0v) is 10.1. The molecule has 1 atom stereocenters. The second-order valence-electron chi connectivity index (χ2n) is 2.32. The Bertz CT molecular complexity index is 148. The van der Waals surface area contributed by atoms with Crippen LogP contribution in [0.15, 0.2) is 11.6 Å². The molecule has 0 heterocycles. The van der Waals surface area contributed by atoms with Gasteiger partial charge in [0.2, 0.25) is 0 Å². The van der Waals surface area contributed by atoms with Crippen molar-refractivity contribution in [3.05, 3.63) is 11.6 Å². The van der Waals surface area contributed by atoms with Crippen LogP contribution in [0.2, 0.25) is 0 Å². The number of hydrogen-bond acceptors (Lipinski definition) is 3. The molecule has 0 saturated heterocycles. The zero-order chi connectivity index (χ0) is 10.3. The lowest BCUT2D eigenvalue weighted by Crippen LogP contribution is -2.31. The first-order valence-corrected chi connectivity index (χ1v) is 5.85. The van der Waals surface area contributed by atoms with Crippen LogP contribution in [-0.4, -0.2) is 28.8 Å². The fourth-order valence-electron chi connectivity index (χ4n) is 0.554. The first-order valence-electron chi connectivity index (χ1n) is 4.25. The second-order valence-corrected chi connectivity index (χ2v) is 4.12. The molecule has 0 saturated carbocycles. The largest absolute Gasteiger partial charge is 0.578 e. The van der Waals surface area contributed by atoms with E-state index in [-0.39, 0.29) is 6.10 Å². The fourth-order valence-corrected chi connectivity index (χ4v) is 1.79. The SMILES string of the molecule is C=C(Cl)C(C)O[Si](OCC)OCC. The van der Waals surface area contributed by atoms with Crippen LogP contribution >= 0.6 is 11.6 Å². The lowest BCUT2D eigenvalue weighted by atomic mass is 10.4. The van der Waals surface area contributed by atoms with Crippen LogP contribution in [0.25, 0.3) is 0 Å². The van der Waals surface area contributed by atoms with Crippen molar-refractivity contribution in [3.8, 4) is 0 Å². The number of rotatable bonds is 7. The minimum absolute atomic E-state index is 0.228. The van der Waals surface area contributed by atoms with Crippen LogP contribution in [-0.2, 0) is 13.3 Å². The molecule has 0 aromatic heterocycles. The molecule has 5 heteroatoms. The van der Waals surface area contributed by atoms with Crippen molar-refractivity contribution in [2.45, 2.75) is 26.9 Å². The summed E-state index contributed by atoms with van der Waals surface area (Å²) in [5, 5.41) is 0.460. The Morgan fingerprint density at radius 1 is 1.38 bits per heavy atom. The minimum atomic E-state index is -1.64. The summed E-state index contributed by atoms with van der Waals surface area (Å²) >= 11 is 5.66. The van der Waals surface area contributed by atoms with E-state index in [0.29, 0.717) is 18.2 Å². The van der Waals surface area contributed by atoms with Crippen LogP contribution in [0.1, 0.15) is 20.8 Å². The molecule has 77 valence electrons. The summed E-state index contributed by atoms with van der Waals surface area (Å²) in [6.07, 6.45) is -0.228. The standard InChI is InChI=1S/C8H16ClO3Si/c1-5-10-13(11-6-2)12-8(4)7(3)9/h8H,3,5-6H2,1-2,4H3. The Kier molecular flexibility index (Phi) is 7.60. The summed E-state index contributed by atoms with van der Waals surface area (Å²) in [7, 11) is -1.64. The maximum Gasteiger partial charge on any atom is 0.578 e. The third-order valence-corrected chi connectivity index (χ3v) is 3.14. The highest BCUT2D eigenvalue weighted by Crippen LogP contribution is 2.10. The van der Waals surface area contributed by atoms with Gasteiger partial charge in [-0.1, -0.05) is 18.2 Å². The van der Waals surface area contributed by atoms with Crippen molar-refractivity contribution < 1.29 is 13.3 Å². The quantitative estimate of drug-likeness (QED) is 0.620. The Labute approximate surface area is 86.6 Å². The van der Waals surface area contributed by atoms with Crippen LogP contribution in [0.5, 0.6) is 0 Å². The smallest absolute Gasteiger partial charge is 0.371 e. The summed E-state index contributed by atoms with van der Waals surface area (Å²) in [4.78, 5) is 0. The Hall–Kier alpha value is 0.127. The van der Waals surface area contributed by atoms with Crippen molar-refractivity contribution in [3.63, 3.8) is 0 Å². The second kappa shape index (κ2) is 7.52. The van der Waals surface area contributed by atoms with E-state index in [1.54, 1.807) is 0 Å². The Morgan fingerprint density at radius 3 is 2.15 bits per heavy atom. The molecule has 0 aliphatic rings. The van der Waals surface area contributed by atoms with Gasteiger partial charge in [-0.05, 0) is 20.8 Å². The predicted molar refractivity (Wildman–Crippen MR) is 54.5 cm³/mol. The van der Waals surface area contributed by atoms with Gasteiger partial charge in [0.05, 0.1) is 6.10 Å². The zero-order valence-electron chi connectivity index (χ0n) is 8.30. The highest BCUT2D eigenvalue weighted by molar-refractivity contribution is 6.37. The molecule has 0 aromatic carbocycles. The third-order valence-electron chi connectivity index (χ3n) is 1.24. The van der Waals surface area contributed by atoms with E-state index in [2.05, 4.69) is 6.58 Å². The molecule has 0 bridgehead atoms. The molecule has 3 nitrogen and oxygen atoms in total. The van der Waals surface area contributed by atoms with E-state index < -0.39 is 9.53 Å². The summed E-state index contributed by atoms with van der Waals surface area (Å²) < 4.78 is 15.9. The van der Waals surface area contributed by atoms with Gasteiger partial charge in [0.25, 0.3) is 0 Å². The number of hydrogen-bond donors (Lipinski definition) is 0. The van der Waals surface area contributed by atoms with E-state index in [1.807, 2.05) is 20.8 Å². The van der Waals surface area contributed by atoms with Gasteiger partial charge in [-0.2, -0.15) is 0 Å². The van der Waals surface area contributed by atoms with Crippen LogP contribution in [0.4, 0.5) is 0 Å². The van der Waals surface area contributed by atoms with Gasteiger partial charge >= 0.3 is 9.53 Å². The molecule has 0 rings (SSSR count). The summed E-state index contributed by atoms with van der Waals surface area (Å²) in [6, 6.07) is 0. The molecule has 0 N–H and O–H groups in total. The maximum absolute atomic E-state index is 5.66. The van der Waals surface area contributed by atoms with Crippen LogP contribution < -0.4 is 0 Å². The van der Waals surface area contributed by atoms with Crippen molar-refractivity contribution in [2.75, 3.05) is 13.2 Å². The summed E-state index contributed by atoms with van der Waals surface area (Å²) in [5.41, 5.74) is 0. The fraction of sp³-hybridized carbons (Fsp3) is 0.750. The molecular formula is C8H16ClO3Si. The first-order chi connectivity index (χ1) is 6.11. The van der Waals surface area contributed by atoms with E-state index in [1.165, 1.54) is 0 Å². The monoisotopic (exact) mass is 223 g/mol. The average Bonchev–Trinajstić information content (AvgIpc) is 2.05. The summed E-state index contributed by atoms with van der Waals surface area (Å²) in [6.45, 7) is 10.3. The topological polar surface area (TPSA) is 27.7 Å². The maximum atomic E-state index is 5.66.